The highest BCUT2D eigenvalue weighted by Gasteiger charge is 2.06. The fourth-order valence-corrected chi connectivity index (χ4v) is 2.41. The Labute approximate surface area is 91.9 Å². The van der Waals surface area contributed by atoms with E-state index in [4.69, 9.17) is 5.73 Å². The Morgan fingerprint density at radius 2 is 2.27 bits per heavy atom. The molecule has 1 atom stereocenters. The number of anilines is 1. The molecule has 0 fully saturated rings. The molecule has 0 spiro atoms. The van der Waals surface area contributed by atoms with Crippen LogP contribution >= 0.6 is 11.3 Å². The molecule has 0 aliphatic rings. The molecule has 0 radical (unpaired) electrons. The molecule has 0 aliphatic carbocycles. The quantitative estimate of drug-likeness (QED) is 0.773. The zero-order valence-corrected chi connectivity index (χ0v) is 8.96. The van der Waals surface area contributed by atoms with Gasteiger partial charge in [-0.15, -0.1) is 11.3 Å². The van der Waals surface area contributed by atoms with Crippen LogP contribution < -0.4 is 11.1 Å². The van der Waals surface area contributed by atoms with Crippen LogP contribution in [0.15, 0.2) is 30.3 Å². The van der Waals surface area contributed by atoms with Crippen LogP contribution in [0.25, 0.3) is 10.1 Å². The van der Waals surface area contributed by atoms with Crippen LogP contribution in [0.3, 0.4) is 0 Å². The molecule has 1 heterocycles. The van der Waals surface area contributed by atoms with Crippen LogP contribution in [-0.4, -0.2) is 18.9 Å². The molecule has 3 nitrogen and oxygen atoms in total. The Balaban J connectivity index is 2.25. The molecule has 2 rings (SSSR count). The van der Waals surface area contributed by atoms with Crippen molar-refractivity contribution in [3.8, 4) is 0 Å². The maximum atomic E-state index is 10.6. The first-order valence-electron chi connectivity index (χ1n) is 4.74. The fraction of sp³-hybridized carbons (Fsp3) is 0.182. The molecule has 2 aromatic rings. The molecule has 0 saturated carbocycles. The first-order valence-corrected chi connectivity index (χ1v) is 5.55. The Bertz CT molecular complexity index is 433. The van der Waals surface area contributed by atoms with Gasteiger partial charge in [0.25, 0.3) is 0 Å². The number of rotatable bonds is 4. The summed E-state index contributed by atoms with van der Waals surface area (Å²) < 4.78 is 1.21. The molecule has 0 saturated heterocycles. The lowest BCUT2D eigenvalue weighted by atomic mass is 10.2. The number of hydrogen-bond donors (Lipinski definition) is 2. The lowest BCUT2D eigenvalue weighted by molar-refractivity contribution is -0.108. The first kappa shape index (κ1) is 10.1. The summed E-state index contributed by atoms with van der Waals surface area (Å²) in [5.41, 5.74) is 5.44. The van der Waals surface area contributed by atoms with Gasteiger partial charge in [0.15, 0.2) is 0 Å². The average Bonchev–Trinajstić information content (AvgIpc) is 2.68. The number of hydrogen-bond acceptors (Lipinski definition) is 4. The minimum absolute atomic E-state index is 0.293. The smallest absolute Gasteiger partial charge is 0.143 e. The summed E-state index contributed by atoms with van der Waals surface area (Å²) in [5.74, 6) is 0. The molecule has 4 heteroatoms. The normalized spacial score (nSPS) is 12.6. The molecule has 0 aliphatic heterocycles. The third kappa shape index (κ3) is 2.16. The van der Waals surface area contributed by atoms with Crippen molar-refractivity contribution in [3.05, 3.63) is 30.3 Å². The van der Waals surface area contributed by atoms with Crippen LogP contribution in [0.1, 0.15) is 0 Å². The molecule has 0 amide bonds. The molecule has 1 aromatic heterocycles. The highest BCUT2D eigenvalue weighted by Crippen LogP contribution is 2.29. The Morgan fingerprint density at radius 1 is 1.47 bits per heavy atom. The van der Waals surface area contributed by atoms with E-state index in [-0.39, 0.29) is 6.04 Å². The van der Waals surface area contributed by atoms with Gasteiger partial charge in [-0.05, 0) is 17.5 Å². The van der Waals surface area contributed by atoms with Crippen molar-refractivity contribution < 1.29 is 4.79 Å². The van der Waals surface area contributed by atoms with Gasteiger partial charge in [-0.1, -0.05) is 18.2 Å². The van der Waals surface area contributed by atoms with Crippen molar-refractivity contribution in [1.29, 1.82) is 0 Å². The second kappa shape index (κ2) is 4.42. The minimum atomic E-state index is -0.293. The highest BCUT2D eigenvalue weighted by atomic mass is 32.1. The summed E-state index contributed by atoms with van der Waals surface area (Å²) in [6.45, 7) is 0.317. The van der Waals surface area contributed by atoms with Crippen LogP contribution in [0, 0.1) is 0 Å². The van der Waals surface area contributed by atoms with E-state index in [0.717, 1.165) is 11.3 Å². The highest BCUT2D eigenvalue weighted by molar-refractivity contribution is 7.22. The number of nitrogens with one attached hydrogen (secondary N) is 1. The van der Waals surface area contributed by atoms with E-state index in [0.29, 0.717) is 6.54 Å². The van der Waals surface area contributed by atoms with E-state index in [1.54, 1.807) is 11.3 Å². The van der Waals surface area contributed by atoms with Gasteiger partial charge in [0.2, 0.25) is 0 Å². The molecule has 1 aromatic carbocycles. The molecular weight excluding hydrogens is 208 g/mol. The van der Waals surface area contributed by atoms with E-state index >= 15 is 0 Å². The van der Waals surface area contributed by atoms with E-state index < -0.39 is 0 Å². The third-order valence-electron chi connectivity index (χ3n) is 2.17. The van der Waals surface area contributed by atoms with Gasteiger partial charge in [-0.3, -0.25) is 0 Å². The van der Waals surface area contributed by atoms with Gasteiger partial charge in [0, 0.05) is 11.2 Å². The number of nitrogens with two attached hydrogens (primary N) is 1. The lowest BCUT2D eigenvalue weighted by Crippen LogP contribution is -2.29. The standard InChI is InChI=1S/C11H12N2OS/c12-6-9(7-14)13-11-5-8-3-1-2-4-10(8)15-11/h1-5,7,9,13H,6,12H2. The number of carbonyl (C=O) groups excluding carboxylic acids is 1. The maximum absolute atomic E-state index is 10.6. The molecular formula is C11H12N2OS. The number of thiophene rings is 1. The fourth-order valence-electron chi connectivity index (χ4n) is 1.38. The molecule has 1 unspecified atom stereocenters. The van der Waals surface area contributed by atoms with Gasteiger partial charge in [0.1, 0.15) is 6.29 Å². The SMILES string of the molecule is NCC(C=O)Nc1cc2ccccc2s1. The monoisotopic (exact) mass is 220 g/mol. The second-order valence-corrected chi connectivity index (χ2v) is 4.35. The van der Waals surface area contributed by atoms with Crippen molar-refractivity contribution in [2.75, 3.05) is 11.9 Å². The van der Waals surface area contributed by atoms with Crippen LogP contribution in [-0.2, 0) is 4.79 Å². The molecule has 0 bridgehead atoms. The Kier molecular flexibility index (Phi) is 2.99. The van der Waals surface area contributed by atoms with Crippen molar-refractivity contribution in [2.45, 2.75) is 6.04 Å². The molecule has 3 N–H and O–H groups in total. The topological polar surface area (TPSA) is 55.1 Å². The van der Waals surface area contributed by atoms with E-state index in [1.165, 1.54) is 10.1 Å². The summed E-state index contributed by atoms with van der Waals surface area (Å²) in [6.07, 6.45) is 0.838. The van der Waals surface area contributed by atoms with Gasteiger partial charge in [0.05, 0.1) is 11.0 Å². The first-order chi connectivity index (χ1) is 7.33. The predicted octanol–water partition coefficient (Wildman–Crippen LogP) is 1.84. The summed E-state index contributed by atoms with van der Waals surface area (Å²) >= 11 is 1.63. The number of carbonyl (C=O) groups is 1. The predicted molar refractivity (Wildman–Crippen MR) is 64.4 cm³/mol. The summed E-state index contributed by atoms with van der Waals surface area (Å²) in [7, 11) is 0. The Morgan fingerprint density at radius 3 is 2.93 bits per heavy atom. The summed E-state index contributed by atoms with van der Waals surface area (Å²) in [5, 5.41) is 5.26. The Hall–Kier alpha value is -1.39. The molecule has 78 valence electrons. The number of benzene rings is 1. The zero-order valence-electron chi connectivity index (χ0n) is 8.14. The van der Waals surface area contributed by atoms with E-state index in [9.17, 15) is 4.79 Å². The molecule has 15 heavy (non-hydrogen) atoms. The van der Waals surface area contributed by atoms with Crippen molar-refractivity contribution in [2.24, 2.45) is 5.73 Å². The largest absolute Gasteiger partial charge is 0.366 e. The van der Waals surface area contributed by atoms with Crippen LogP contribution in [0.2, 0.25) is 0 Å². The van der Waals surface area contributed by atoms with Crippen molar-refractivity contribution in [1.82, 2.24) is 0 Å². The second-order valence-electron chi connectivity index (χ2n) is 3.27. The minimum Gasteiger partial charge on any atom is -0.366 e. The van der Waals surface area contributed by atoms with Crippen molar-refractivity contribution in [3.63, 3.8) is 0 Å². The van der Waals surface area contributed by atoms with Gasteiger partial charge < -0.3 is 15.8 Å². The van der Waals surface area contributed by atoms with E-state index in [1.807, 2.05) is 18.2 Å². The van der Waals surface area contributed by atoms with Gasteiger partial charge in [-0.2, -0.15) is 0 Å². The third-order valence-corrected chi connectivity index (χ3v) is 3.22. The summed E-state index contributed by atoms with van der Waals surface area (Å²) in [4.78, 5) is 10.6. The maximum Gasteiger partial charge on any atom is 0.143 e. The van der Waals surface area contributed by atoms with Crippen molar-refractivity contribution >= 4 is 32.7 Å². The number of fused-ring (bicyclic) bond motifs is 1. The average molecular weight is 220 g/mol. The lowest BCUT2D eigenvalue weighted by Gasteiger charge is -2.08. The van der Waals surface area contributed by atoms with Gasteiger partial charge in [-0.25, -0.2) is 0 Å². The van der Waals surface area contributed by atoms with Crippen LogP contribution in [0.4, 0.5) is 5.00 Å². The number of aldehydes is 1. The van der Waals surface area contributed by atoms with Gasteiger partial charge >= 0.3 is 0 Å². The summed E-state index contributed by atoms with van der Waals surface area (Å²) in [6, 6.07) is 9.85. The van der Waals surface area contributed by atoms with Crippen LogP contribution in [0.5, 0.6) is 0 Å². The van der Waals surface area contributed by atoms with E-state index in [2.05, 4.69) is 17.4 Å². The zero-order chi connectivity index (χ0) is 10.7.